The van der Waals surface area contributed by atoms with Gasteiger partial charge in [0.1, 0.15) is 5.82 Å². The van der Waals surface area contributed by atoms with E-state index in [-0.39, 0.29) is 5.82 Å². The molecule has 0 N–H and O–H groups in total. The molecule has 4 heteroatoms. The highest BCUT2D eigenvalue weighted by atomic mass is 79.9. The highest BCUT2D eigenvalue weighted by Gasteiger charge is 2.08. The van der Waals surface area contributed by atoms with E-state index in [1.165, 1.54) is 6.07 Å². The zero-order valence-electron chi connectivity index (χ0n) is 10.1. The van der Waals surface area contributed by atoms with Gasteiger partial charge in [0.2, 0.25) is 0 Å². The SMILES string of the molecule is CN(Cc1ccccn1)Cc1cccc(F)c1Br. The Kier molecular flexibility index (Phi) is 4.44. The van der Waals surface area contributed by atoms with Gasteiger partial charge in [-0.05, 0) is 46.7 Å². The second-order valence-electron chi connectivity index (χ2n) is 4.21. The summed E-state index contributed by atoms with van der Waals surface area (Å²) in [6, 6.07) is 10.9. The number of benzene rings is 1. The van der Waals surface area contributed by atoms with Crippen LogP contribution in [0.5, 0.6) is 0 Å². The van der Waals surface area contributed by atoms with Crippen molar-refractivity contribution in [2.45, 2.75) is 13.1 Å². The average molecular weight is 309 g/mol. The topological polar surface area (TPSA) is 16.1 Å². The molecule has 0 aliphatic rings. The summed E-state index contributed by atoms with van der Waals surface area (Å²) in [6.07, 6.45) is 1.78. The molecule has 0 aliphatic carbocycles. The number of rotatable bonds is 4. The summed E-state index contributed by atoms with van der Waals surface area (Å²) in [5, 5.41) is 0. The predicted molar refractivity (Wildman–Crippen MR) is 73.5 cm³/mol. The lowest BCUT2D eigenvalue weighted by atomic mass is 10.2. The highest BCUT2D eigenvalue weighted by molar-refractivity contribution is 9.10. The molecule has 2 aromatic rings. The van der Waals surface area contributed by atoms with Gasteiger partial charge in [-0.25, -0.2) is 4.39 Å². The van der Waals surface area contributed by atoms with E-state index >= 15 is 0 Å². The number of halogens is 2. The van der Waals surface area contributed by atoms with Crippen LogP contribution < -0.4 is 0 Å². The Hall–Kier alpha value is -1.26. The van der Waals surface area contributed by atoms with Crippen LogP contribution in [0.15, 0.2) is 47.1 Å². The first-order valence-corrected chi connectivity index (χ1v) is 6.47. The fraction of sp³-hybridized carbons (Fsp3) is 0.214. The van der Waals surface area contributed by atoms with Gasteiger partial charge in [0.25, 0.3) is 0 Å². The fourth-order valence-electron chi connectivity index (χ4n) is 1.79. The maximum absolute atomic E-state index is 13.4. The average Bonchev–Trinajstić information content (AvgIpc) is 2.36. The van der Waals surface area contributed by atoms with E-state index in [9.17, 15) is 4.39 Å². The maximum atomic E-state index is 13.4. The number of hydrogen-bond acceptors (Lipinski definition) is 2. The molecule has 0 amide bonds. The predicted octanol–water partition coefficient (Wildman–Crippen LogP) is 3.62. The fourth-order valence-corrected chi connectivity index (χ4v) is 2.18. The normalized spacial score (nSPS) is 10.9. The molecule has 1 heterocycles. The van der Waals surface area contributed by atoms with Crippen LogP contribution in [0, 0.1) is 5.82 Å². The summed E-state index contributed by atoms with van der Waals surface area (Å²) in [4.78, 5) is 6.37. The van der Waals surface area contributed by atoms with Gasteiger partial charge in [0, 0.05) is 19.3 Å². The van der Waals surface area contributed by atoms with Crippen LogP contribution in [-0.2, 0) is 13.1 Å². The quantitative estimate of drug-likeness (QED) is 0.857. The van der Waals surface area contributed by atoms with Gasteiger partial charge in [-0.1, -0.05) is 18.2 Å². The van der Waals surface area contributed by atoms with Crippen molar-refractivity contribution in [3.63, 3.8) is 0 Å². The van der Waals surface area contributed by atoms with Crippen LogP contribution in [0.25, 0.3) is 0 Å². The molecular formula is C14H14BrFN2. The number of nitrogens with zero attached hydrogens (tertiary/aromatic N) is 2. The molecule has 18 heavy (non-hydrogen) atoms. The molecule has 2 rings (SSSR count). The summed E-state index contributed by atoms with van der Waals surface area (Å²) >= 11 is 3.28. The van der Waals surface area contributed by atoms with Gasteiger partial charge in [-0.15, -0.1) is 0 Å². The van der Waals surface area contributed by atoms with E-state index in [1.807, 2.05) is 31.3 Å². The summed E-state index contributed by atoms with van der Waals surface area (Å²) in [5.41, 5.74) is 1.95. The third-order valence-corrected chi connectivity index (χ3v) is 3.52. The first kappa shape index (κ1) is 13.2. The first-order chi connectivity index (χ1) is 8.66. The molecule has 0 saturated heterocycles. The van der Waals surface area contributed by atoms with Crippen molar-refractivity contribution in [1.29, 1.82) is 0 Å². The smallest absolute Gasteiger partial charge is 0.137 e. The molecule has 0 unspecified atom stereocenters. The maximum Gasteiger partial charge on any atom is 0.137 e. The van der Waals surface area contributed by atoms with E-state index in [1.54, 1.807) is 12.3 Å². The molecule has 1 aromatic heterocycles. The molecule has 2 nitrogen and oxygen atoms in total. The molecule has 0 bridgehead atoms. The first-order valence-electron chi connectivity index (χ1n) is 5.68. The number of aromatic nitrogens is 1. The van der Waals surface area contributed by atoms with E-state index in [2.05, 4.69) is 25.8 Å². The van der Waals surface area contributed by atoms with Crippen LogP contribution in [0.4, 0.5) is 4.39 Å². The Morgan fingerprint density at radius 2 is 2.00 bits per heavy atom. The lowest BCUT2D eigenvalue weighted by Gasteiger charge is -2.17. The highest BCUT2D eigenvalue weighted by Crippen LogP contribution is 2.21. The van der Waals surface area contributed by atoms with E-state index in [0.29, 0.717) is 11.0 Å². The summed E-state index contributed by atoms with van der Waals surface area (Å²) in [7, 11) is 1.99. The number of pyridine rings is 1. The van der Waals surface area contributed by atoms with Crippen LogP contribution >= 0.6 is 15.9 Å². The molecule has 0 atom stereocenters. The minimum atomic E-state index is -0.223. The van der Waals surface area contributed by atoms with Gasteiger partial charge in [-0.2, -0.15) is 0 Å². The van der Waals surface area contributed by atoms with Gasteiger partial charge in [0.15, 0.2) is 0 Å². The molecule has 0 aliphatic heterocycles. The van der Waals surface area contributed by atoms with Gasteiger partial charge >= 0.3 is 0 Å². The minimum Gasteiger partial charge on any atom is -0.296 e. The lowest BCUT2D eigenvalue weighted by molar-refractivity contribution is 0.314. The van der Waals surface area contributed by atoms with Crippen LogP contribution in [0.3, 0.4) is 0 Å². The monoisotopic (exact) mass is 308 g/mol. The number of hydrogen-bond donors (Lipinski definition) is 0. The molecule has 0 spiro atoms. The van der Waals surface area contributed by atoms with Crippen LogP contribution in [-0.4, -0.2) is 16.9 Å². The third-order valence-electron chi connectivity index (χ3n) is 2.63. The van der Waals surface area contributed by atoms with Crippen molar-refractivity contribution < 1.29 is 4.39 Å². The van der Waals surface area contributed by atoms with E-state index in [4.69, 9.17) is 0 Å². The molecule has 94 valence electrons. The van der Waals surface area contributed by atoms with Gasteiger partial charge < -0.3 is 0 Å². The molecule has 0 fully saturated rings. The Labute approximate surface area is 115 Å². The van der Waals surface area contributed by atoms with Crippen molar-refractivity contribution >= 4 is 15.9 Å². The van der Waals surface area contributed by atoms with Crippen molar-refractivity contribution in [2.75, 3.05) is 7.05 Å². The van der Waals surface area contributed by atoms with Crippen LogP contribution in [0.2, 0.25) is 0 Å². The molecule has 1 aromatic carbocycles. The molecular weight excluding hydrogens is 295 g/mol. The Morgan fingerprint density at radius 3 is 2.72 bits per heavy atom. The minimum absolute atomic E-state index is 0.223. The van der Waals surface area contributed by atoms with E-state index in [0.717, 1.165) is 17.8 Å². The summed E-state index contributed by atoms with van der Waals surface area (Å²) < 4.78 is 13.9. The summed E-state index contributed by atoms with van der Waals surface area (Å²) in [5.74, 6) is -0.223. The Morgan fingerprint density at radius 1 is 1.17 bits per heavy atom. The van der Waals surface area contributed by atoms with Crippen molar-refractivity contribution in [3.8, 4) is 0 Å². The summed E-state index contributed by atoms with van der Waals surface area (Å²) in [6.45, 7) is 1.42. The van der Waals surface area contributed by atoms with Gasteiger partial charge in [-0.3, -0.25) is 9.88 Å². The molecule has 0 saturated carbocycles. The van der Waals surface area contributed by atoms with Gasteiger partial charge in [0.05, 0.1) is 10.2 Å². The zero-order valence-corrected chi connectivity index (χ0v) is 11.7. The second-order valence-corrected chi connectivity index (χ2v) is 5.00. The Bertz CT molecular complexity index is 516. The van der Waals surface area contributed by atoms with Crippen molar-refractivity contribution in [2.24, 2.45) is 0 Å². The third kappa shape index (κ3) is 3.37. The van der Waals surface area contributed by atoms with E-state index < -0.39 is 0 Å². The zero-order chi connectivity index (χ0) is 13.0. The molecule has 0 radical (unpaired) electrons. The lowest BCUT2D eigenvalue weighted by Crippen LogP contribution is -2.18. The van der Waals surface area contributed by atoms with Crippen molar-refractivity contribution in [1.82, 2.24) is 9.88 Å². The largest absolute Gasteiger partial charge is 0.296 e. The van der Waals surface area contributed by atoms with Crippen molar-refractivity contribution in [3.05, 3.63) is 64.1 Å². The van der Waals surface area contributed by atoms with Crippen LogP contribution in [0.1, 0.15) is 11.3 Å². The second kappa shape index (κ2) is 6.07. The standard InChI is InChI=1S/C14H14BrFN2/c1-18(10-12-6-2-3-8-17-12)9-11-5-4-7-13(16)14(11)15/h2-8H,9-10H2,1H3. The Balaban J connectivity index is 2.03.